The Morgan fingerprint density at radius 3 is 2.39 bits per heavy atom. The number of hydrazine groups is 1. The molecule has 1 fully saturated rings. The zero-order valence-corrected chi connectivity index (χ0v) is 18.4. The molecule has 8 heteroatoms. The molecule has 31 heavy (non-hydrogen) atoms. The minimum atomic E-state index is -0.358. The van der Waals surface area contributed by atoms with Crippen molar-refractivity contribution in [3.8, 4) is 5.69 Å². The Morgan fingerprint density at radius 1 is 1.06 bits per heavy atom. The van der Waals surface area contributed by atoms with Crippen LogP contribution < -0.4 is 10.9 Å². The average molecular weight is 427 g/mol. The fourth-order valence-corrected chi connectivity index (χ4v) is 4.03. The second kappa shape index (κ2) is 10.2. The number of nitrogens with zero attached hydrogens (tertiary/aromatic N) is 2. The number of ether oxygens (including phenoxy) is 1. The summed E-state index contributed by atoms with van der Waals surface area (Å²) in [5.74, 6) is -0.747. The van der Waals surface area contributed by atoms with Gasteiger partial charge in [0.1, 0.15) is 0 Å². The van der Waals surface area contributed by atoms with Crippen molar-refractivity contribution in [1.29, 1.82) is 0 Å². The maximum Gasteiger partial charge on any atom is 0.305 e. The highest BCUT2D eigenvalue weighted by Gasteiger charge is 2.21. The maximum atomic E-state index is 12.4. The van der Waals surface area contributed by atoms with Gasteiger partial charge in [0, 0.05) is 23.6 Å². The number of esters is 1. The summed E-state index contributed by atoms with van der Waals surface area (Å²) < 4.78 is 6.52. The number of carbonyl (C=O) groups excluding carboxylic acids is 3. The second-order valence-corrected chi connectivity index (χ2v) is 7.96. The normalized spacial score (nSPS) is 14.2. The number of hydrogen-bond acceptors (Lipinski definition) is 5. The molecule has 1 aliphatic rings. The average Bonchev–Trinajstić information content (AvgIpc) is 3.09. The van der Waals surface area contributed by atoms with Crippen LogP contribution in [-0.2, 0) is 20.7 Å². The molecule has 0 spiro atoms. The van der Waals surface area contributed by atoms with Crippen LogP contribution in [0.1, 0.15) is 65.8 Å². The van der Waals surface area contributed by atoms with E-state index >= 15 is 0 Å². The van der Waals surface area contributed by atoms with Gasteiger partial charge in [0.05, 0.1) is 18.5 Å². The number of nitrogens with one attached hydrogen (secondary N) is 2. The topological polar surface area (TPSA) is 102 Å². The second-order valence-electron chi connectivity index (χ2n) is 7.96. The zero-order chi connectivity index (χ0) is 22.4. The summed E-state index contributed by atoms with van der Waals surface area (Å²) in [7, 11) is 1.38. The molecule has 8 nitrogen and oxygen atoms in total. The molecule has 1 aromatic carbocycles. The molecule has 2 N–H and O–H groups in total. The molecular formula is C23H30N4O4. The number of aryl methyl sites for hydroxylation is 1. The lowest BCUT2D eigenvalue weighted by Crippen LogP contribution is -2.44. The molecule has 0 bridgehead atoms. The largest absolute Gasteiger partial charge is 0.469 e. The highest BCUT2D eigenvalue weighted by molar-refractivity contribution is 5.95. The van der Waals surface area contributed by atoms with Crippen molar-refractivity contribution in [1.82, 2.24) is 20.6 Å². The molecule has 0 unspecified atom stereocenters. The smallest absolute Gasteiger partial charge is 0.305 e. The predicted molar refractivity (Wildman–Crippen MR) is 116 cm³/mol. The summed E-state index contributed by atoms with van der Waals surface area (Å²) in [4.78, 5) is 36.0. The number of methoxy groups -OCH3 is 1. The van der Waals surface area contributed by atoms with Crippen molar-refractivity contribution in [2.45, 2.75) is 58.8 Å². The summed E-state index contributed by atoms with van der Waals surface area (Å²) in [5, 5.41) is 4.58. The van der Waals surface area contributed by atoms with Crippen molar-refractivity contribution in [2.24, 2.45) is 5.92 Å². The van der Waals surface area contributed by atoms with Gasteiger partial charge >= 0.3 is 5.97 Å². The van der Waals surface area contributed by atoms with Crippen LogP contribution >= 0.6 is 0 Å². The first-order valence-corrected chi connectivity index (χ1v) is 10.7. The van der Waals surface area contributed by atoms with Gasteiger partial charge in [0.2, 0.25) is 5.91 Å². The Bertz CT molecular complexity index is 943. The van der Waals surface area contributed by atoms with E-state index in [0.29, 0.717) is 18.4 Å². The number of hydrogen-bond donors (Lipinski definition) is 2. The number of amides is 2. The Labute approximate surface area is 182 Å². The third kappa shape index (κ3) is 5.51. The Morgan fingerprint density at radius 2 is 1.74 bits per heavy atom. The van der Waals surface area contributed by atoms with E-state index in [1.54, 1.807) is 28.9 Å². The summed E-state index contributed by atoms with van der Waals surface area (Å²) >= 11 is 0. The van der Waals surface area contributed by atoms with Gasteiger partial charge in [-0.25, -0.2) is 4.68 Å². The Kier molecular flexibility index (Phi) is 7.44. The number of benzene rings is 1. The van der Waals surface area contributed by atoms with Crippen LogP contribution in [0, 0.1) is 19.8 Å². The molecule has 2 amide bonds. The molecule has 0 atom stereocenters. The van der Waals surface area contributed by atoms with E-state index in [-0.39, 0.29) is 23.7 Å². The third-order valence-electron chi connectivity index (χ3n) is 5.90. The summed E-state index contributed by atoms with van der Waals surface area (Å²) in [5.41, 5.74) is 9.13. The van der Waals surface area contributed by atoms with Gasteiger partial charge in [0.15, 0.2) is 0 Å². The molecular weight excluding hydrogens is 396 g/mol. The molecule has 0 radical (unpaired) electrons. The first-order chi connectivity index (χ1) is 14.9. The van der Waals surface area contributed by atoms with Gasteiger partial charge in [-0.05, 0) is 62.9 Å². The van der Waals surface area contributed by atoms with Crippen LogP contribution in [0.5, 0.6) is 0 Å². The van der Waals surface area contributed by atoms with Crippen LogP contribution in [-0.4, -0.2) is 34.7 Å². The first-order valence-electron chi connectivity index (χ1n) is 10.7. The molecule has 3 rings (SSSR count). The van der Waals surface area contributed by atoms with Crippen molar-refractivity contribution in [3.63, 3.8) is 0 Å². The predicted octanol–water partition coefficient (Wildman–Crippen LogP) is 2.94. The van der Waals surface area contributed by atoms with Crippen LogP contribution in [0.2, 0.25) is 0 Å². The molecule has 1 aromatic heterocycles. The van der Waals surface area contributed by atoms with Gasteiger partial charge in [-0.15, -0.1) is 0 Å². The van der Waals surface area contributed by atoms with E-state index in [0.717, 1.165) is 48.3 Å². The van der Waals surface area contributed by atoms with E-state index in [1.807, 2.05) is 13.8 Å². The first kappa shape index (κ1) is 22.5. The fraction of sp³-hybridized carbons (Fsp3) is 0.478. The van der Waals surface area contributed by atoms with Gasteiger partial charge in [-0.1, -0.05) is 19.3 Å². The van der Waals surface area contributed by atoms with Gasteiger partial charge in [-0.3, -0.25) is 25.2 Å². The Hall–Kier alpha value is -3.16. The quantitative estimate of drug-likeness (QED) is 0.546. The molecule has 1 heterocycles. The molecule has 1 saturated carbocycles. The fourth-order valence-electron chi connectivity index (χ4n) is 4.03. The van der Waals surface area contributed by atoms with Crippen LogP contribution in [0.3, 0.4) is 0 Å². The lowest BCUT2D eigenvalue weighted by molar-refractivity contribution is -0.140. The lowest BCUT2D eigenvalue weighted by Gasteiger charge is -2.20. The van der Waals surface area contributed by atoms with E-state index < -0.39 is 0 Å². The van der Waals surface area contributed by atoms with Crippen LogP contribution in [0.4, 0.5) is 0 Å². The minimum absolute atomic E-state index is 0.0177. The highest BCUT2D eigenvalue weighted by atomic mass is 16.5. The van der Waals surface area contributed by atoms with E-state index in [2.05, 4.69) is 16.0 Å². The number of rotatable bonds is 6. The van der Waals surface area contributed by atoms with Crippen molar-refractivity contribution in [3.05, 3.63) is 46.8 Å². The summed E-state index contributed by atoms with van der Waals surface area (Å²) in [6.45, 7) is 3.86. The summed E-state index contributed by atoms with van der Waals surface area (Å²) in [6, 6.07) is 7.01. The maximum absolute atomic E-state index is 12.4. The molecule has 2 aromatic rings. The number of aromatic nitrogens is 2. The highest BCUT2D eigenvalue weighted by Crippen LogP contribution is 2.23. The zero-order valence-electron chi connectivity index (χ0n) is 18.4. The van der Waals surface area contributed by atoms with E-state index in [9.17, 15) is 14.4 Å². The van der Waals surface area contributed by atoms with Gasteiger partial charge in [0.25, 0.3) is 5.91 Å². The molecule has 1 aliphatic carbocycles. The van der Waals surface area contributed by atoms with Crippen LogP contribution in [0.25, 0.3) is 5.69 Å². The van der Waals surface area contributed by atoms with E-state index in [4.69, 9.17) is 4.74 Å². The third-order valence-corrected chi connectivity index (χ3v) is 5.90. The van der Waals surface area contributed by atoms with Crippen molar-refractivity contribution < 1.29 is 19.1 Å². The summed E-state index contributed by atoms with van der Waals surface area (Å²) in [6.07, 6.45) is 5.90. The number of carbonyl (C=O) groups is 3. The van der Waals surface area contributed by atoms with E-state index in [1.165, 1.54) is 13.5 Å². The minimum Gasteiger partial charge on any atom is -0.469 e. The standard InChI is InChI=1S/C23H30N4O4/c1-15-20(13-14-21(28)31-3)16(2)27(26-15)19-11-9-18(10-12-19)23(30)25-24-22(29)17-7-5-4-6-8-17/h9-12,17H,4-8,13-14H2,1-3H3,(H,24,29)(H,25,30). The van der Waals surface area contributed by atoms with Crippen molar-refractivity contribution >= 4 is 17.8 Å². The molecule has 0 saturated heterocycles. The van der Waals surface area contributed by atoms with Gasteiger partial charge in [-0.2, -0.15) is 5.10 Å². The monoisotopic (exact) mass is 426 g/mol. The van der Waals surface area contributed by atoms with Crippen molar-refractivity contribution in [2.75, 3.05) is 7.11 Å². The molecule has 0 aliphatic heterocycles. The SMILES string of the molecule is COC(=O)CCc1c(C)nn(-c2ccc(C(=O)NNC(=O)C3CCCCC3)cc2)c1C. The molecule has 166 valence electrons. The van der Waals surface area contributed by atoms with Gasteiger partial charge < -0.3 is 4.74 Å². The lowest BCUT2D eigenvalue weighted by atomic mass is 9.89. The Balaban J connectivity index is 1.62. The van der Waals surface area contributed by atoms with Crippen LogP contribution in [0.15, 0.2) is 24.3 Å².